The van der Waals surface area contributed by atoms with Crippen LogP contribution in [0.1, 0.15) is 49.4 Å². The summed E-state index contributed by atoms with van der Waals surface area (Å²) in [6.07, 6.45) is 1.73. The van der Waals surface area contributed by atoms with Crippen molar-refractivity contribution in [3.8, 4) is 0 Å². The molecule has 1 fully saturated rings. The Morgan fingerprint density at radius 3 is 2.85 bits per heavy atom. The molecule has 1 N–H and O–H groups in total. The molecule has 0 saturated carbocycles. The van der Waals surface area contributed by atoms with Gasteiger partial charge in [0, 0.05) is 19.0 Å². The average molecular weight is 298 g/mol. The summed E-state index contributed by atoms with van der Waals surface area (Å²) < 4.78 is 0. The molecule has 2 atom stereocenters. The minimum Gasteiger partial charge on any atom is -0.393 e. The molecule has 2 unspecified atom stereocenters. The molecule has 1 aliphatic heterocycles. The van der Waals surface area contributed by atoms with Gasteiger partial charge in [0.15, 0.2) is 5.69 Å². The van der Waals surface area contributed by atoms with Crippen LogP contribution in [-0.2, 0) is 0 Å². The number of halogens is 1. The van der Waals surface area contributed by atoms with E-state index in [9.17, 15) is 9.90 Å². The average Bonchev–Trinajstić information content (AvgIpc) is 2.41. The summed E-state index contributed by atoms with van der Waals surface area (Å²) in [5.74, 6) is 0.639. The molecule has 0 aromatic carbocycles. The summed E-state index contributed by atoms with van der Waals surface area (Å²) in [4.78, 5) is 22.7. The third-order valence-corrected chi connectivity index (χ3v) is 3.91. The summed E-state index contributed by atoms with van der Waals surface area (Å²) in [5, 5.41) is 10.0. The second-order valence-electron chi connectivity index (χ2n) is 5.66. The third-order valence-electron chi connectivity index (χ3n) is 3.63. The van der Waals surface area contributed by atoms with Gasteiger partial charge in [-0.25, -0.2) is 9.97 Å². The van der Waals surface area contributed by atoms with Gasteiger partial charge in [0.2, 0.25) is 0 Å². The minimum atomic E-state index is -0.342. The molecule has 5 nitrogen and oxygen atoms in total. The van der Waals surface area contributed by atoms with E-state index < -0.39 is 0 Å². The first-order valence-electron chi connectivity index (χ1n) is 6.90. The van der Waals surface area contributed by atoms with Crippen molar-refractivity contribution in [2.24, 2.45) is 5.92 Å². The molecule has 20 heavy (non-hydrogen) atoms. The van der Waals surface area contributed by atoms with Gasteiger partial charge in [-0.2, -0.15) is 0 Å². The van der Waals surface area contributed by atoms with Crippen molar-refractivity contribution in [3.63, 3.8) is 0 Å². The smallest absolute Gasteiger partial charge is 0.274 e. The van der Waals surface area contributed by atoms with Crippen LogP contribution in [0.5, 0.6) is 0 Å². The number of aliphatic hydroxyl groups is 1. The molecular formula is C14H20ClN3O2. The Balaban J connectivity index is 2.22. The molecule has 0 radical (unpaired) electrons. The summed E-state index contributed by atoms with van der Waals surface area (Å²) in [7, 11) is 0. The number of aliphatic hydroxyl groups excluding tert-OH is 1. The Bertz CT molecular complexity index is 507. The Labute approximate surface area is 124 Å². The Kier molecular flexibility index (Phi) is 4.60. The van der Waals surface area contributed by atoms with E-state index in [2.05, 4.69) is 9.97 Å². The fourth-order valence-electron chi connectivity index (χ4n) is 2.28. The van der Waals surface area contributed by atoms with Gasteiger partial charge in [0.05, 0.1) is 17.3 Å². The number of hydrogen-bond acceptors (Lipinski definition) is 4. The van der Waals surface area contributed by atoms with Crippen LogP contribution in [-0.4, -0.2) is 45.1 Å². The highest BCUT2D eigenvalue weighted by Crippen LogP contribution is 2.22. The zero-order chi connectivity index (χ0) is 14.9. The lowest BCUT2D eigenvalue weighted by atomic mass is 9.96. The number of rotatable bonds is 2. The van der Waals surface area contributed by atoms with Gasteiger partial charge in [0.1, 0.15) is 5.82 Å². The largest absolute Gasteiger partial charge is 0.393 e. The highest BCUT2D eigenvalue weighted by atomic mass is 35.5. The van der Waals surface area contributed by atoms with Crippen LogP contribution < -0.4 is 0 Å². The summed E-state index contributed by atoms with van der Waals surface area (Å²) >= 11 is 6.06. The lowest BCUT2D eigenvalue weighted by Gasteiger charge is -2.34. The van der Waals surface area contributed by atoms with E-state index in [1.807, 2.05) is 20.8 Å². The molecule has 6 heteroatoms. The van der Waals surface area contributed by atoms with Gasteiger partial charge >= 0.3 is 0 Å². The maximum Gasteiger partial charge on any atom is 0.274 e. The van der Waals surface area contributed by atoms with E-state index in [1.54, 1.807) is 4.90 Å². The van der Waals surface area contributed by atoms with E-state index in [-0.39, 0.29) is 34.6 Å². The number of aromatic nitrogens is 2. The molecule has 1 aromatic rings. The van der Waals surface area contributed by atoms with Gasteiger partial charge in [-0.3, -0.25) is 4.79 Å². The number of likely N-dealkylation sites (tertiary alicyclic amines) is 1. The molecule has 1 amide bonds. The van der Waals surface area contributed by atoms with Crippen molar-refractivity contribution in [1.82, 2.24) is 14.9 Å². The summed E-state index contributed by atoms with van der Waals surface area (Å²) in [6.45, 7) is 6.93. The lowest BCUT2D eigenvalue weighted by Crippen LogP contribution is -2.45. The second kappa shape index (κ2) is 6.06. The van der Waals surface area contributed by atoms with E-state index in [1.165, 1.54) is 6.20 Å². The molecule has 0 spiro atoms. The second-order valence-corrected chi connectivity index (χ2v) is 6.07. The molecule has 1 aliphatic rings. The van der Waals surface area contributed by atoms with Crippen LogP contribution in [0, 0.1) is 5.92 Å². The van der Waals surface area contributed by atoms with E-state index >= 15 is 0 Å². The molecule has 2 rings (SSSR count). The number of carbonyl (C=O) groups is 1. The van der Waals surface area contributed by atoms with Crippen LogP contribution in [0.3, 0.4) is 0 Å². The Morgan fingerprint density at radius 2 is 2.25 bits per heavy atom. The third kappa shape index (κ3) is 3.10. The quantitative estimate of drug-likeness (QED) is 0.908. The van der Waals surface area contributed by atoms with Gasteiger partial charge in [0.25, 0.3) is 5.91 Å². The van der Waals surface area contributed by atoms with Crippen LogP contribution in [0.4, 0.5) is 0 Å². The predicted octanol–water partition coefficient (Wildman–Crippen LogP) is 2.10. The first kappa shape index (κ1) is 15.2. The molecule has 1 saturated heterocycles. The highest BCUT2D eigenvalue weighted by Gasteiger charge is 2.29. The number of piperidine rings is 1. The van der Waals surface area contributed by atoms with Crippen molar-refractivity contribution in [1.29, 1.82) is 0 Å². The first-order valence-corrected chi connectivity index (χ1v) is 7.27. The standard InChI is InChI=1S/C14H20ClN3O2/c1-8(2)13-16-6-10(15)12(17-13)14(20)18-5-4-11(19)9(3)7-18/h6,8-9,11,19H,4-5,7H2,1-3H3. The minimum absolute atomic E-state index is 0.0675. The molecule has 2 heterocycles. The zero-order valence-electron chi connectivity index (χ0n) is 12.0. The molecule has 0 aliphatic carbocycles. The number of carbonyl (C=O) groups excluding carboxylic acids is 1. The maximum atomic E-state index is 12.5. The molecule has 110 valence electrons. The van der Waals surface area contributed by atoms with Crippen LogP contribution in [0.2, 0.25) is 5.02 Å². The highest BCUT2D eigenvalue weighted by molar-refractivity contribution is 6.33. The molecular weight excluding hydrogens is 278 g/mol. The van der Waals surface area contributed by atoms with Crippen LogP contribution in [0.15, 0.2) is 6.20 Å². The van der Waals surface area contributed by atoms with Crippen molar-refractivity contribution >= 4 is 17.5 Å². The van der Waals surface area contributed by atoms with Gasteiger partial charge in [-0.1, -0.05) is 32.4 Å². The van der Waals surface area contributed by atoms with Gasteiger partial charge in [-0.05, 0) is 12.3 Å². The van der Waals surface area contributed by atoms with Crippen molar-refractivity contribution in [2.45, 2.75) is 39.2 Å². The van der Waals surface area contributed by atoms with Crippen LogP contribution >= 0.6 is 11.6 Å². The number of amides is 1. The SMILES string of the molecule is CC(C)c1ncc(Cl)c(C(=O)N2CCC(O)C(C)C2)n1. The van der Waals surface area contributed by atoms with Crippen molar-refractivity contribution in [3.05, 3.63) is 22.7 Å². The van der Waals surface area contributed by atoms with E-state index in [0.717, 1.165) is 0 Å². The fourth-order valence-corrected chi connectivity index (χ4v) is 2.45. The zero-order valence-corrected chi connectivity index (χ0v) is 12.8. The summed E-state index contributed by atoms with van der Waals surface area (Å²) in [5.41, 5.74) is 0.258. The Hall–Kier alpha value is -1.20. The van der Waals surface area contributed by atoms with Gasteiger partial charge < -0.3 is 10.0 Å². The predicted molar refractivity (Wildman–Crippen MR) is 76.8 cm³/mol. The van der Waals surface area contributed by atoms with Crippen molar-refractivity contribution in [2.75, 3.05) is 13.1 Å². The monoisotopic (exact) mass is 297 g/mol. The van der Waals surface area contributed by atoms with Gasteiger partial charge in [-0.15, -0.1) is 0 Å². The van der Waals surface area contributed by atoms with Crippen LogP contribution in [0.25, 0.3) is 0 Å². The number of nitrogens with zero attached hydrogens (tertiary/aromatic N) is 3. The maximum absolute atomic E-state index is 12.5. The fraction of sp³-hybridized carbons (Fsp3) is 0.643. The van der Waals surface area contributed by atoms with E-state index in [4.69, 9.17) is 11.6 Å². The van der Waals surface area contributed by atoms with Crippen molar-refractivity contribution < 1.29 is 9.90 Å². The normalized spacial score (nSPS) is 23.2. The lowest BCUT2D eigenvalue weighted by molar-refractivity contribution is 0.0294. The van der Waals surface area contributed by atoms with E-state index in [0.29, 0.717) is 25.3 Å². The molecule has 0 bridgehead atoms. The Morgan fingerprint density at radius 1 is 1.55 bits per heavy atom. The first-order chi connectivity index (χ1) is 9.40. The molecule has 1 aromatic heterocycles. The number of hydrogen-bond donors (Lipinski definition) is 1. The topological polar surface area (TPSA) is 66.3 Å². The summed E-state index contributed by atoms with van der Waals surface area (Å²) in [6, 6.07) is 0.